The van der Waals surface area contributed by atoms with Crippen molar-refractivity contribution in [2.75, 3.05) is 34.4 Å². The number of carbonyl (C=O) groups excluding carboxylic acids is 1. The van der Waals surface area contributed by atoms with Gasteiger partial charge in [-0.25, -0.2) is 4.79 Å². The molecule has 1 aromatic carbocycles. The molecule has 0 fully saturated rings. The highest BCUT2D eigenvalue weighted by Gasteiger charge is 2.28. The van der Waals surface area contributed by atoms with Gasteiger partial charge in [0.1, 0.15) is 17.5 Å². The molecule has 0 bridgehead atoms. The Morgan fingerprint density at radius 2 is 1.97 bits per heavy atom. The lowest BCUT2D eigenvalue weighted by atomic mass is 10.1. The number of carboxylic acids is 2. The van der Waals surface area contributed by atoms with Gasteiger partial charge in [-0.05, 0) is 30.7 Å². The van der Waals surface area contributed by atoms with Crippen LogP contribution < -0.4 is 32.1 Å². The molecule has 0 aliphatic carbocycles. The summed E-state index contributed by atoms with van der Waals surface area (Å²) in [6.45, 7) is 0.819. The first-order chi connectivity index (χ1) is 16.2. The lowest BCUT2D eigenvalue weighted by Gasteiger charge is -2.35. The van der Waals surface area contributed by atoms with Crippen LogP contribution in [0.2, 0.25) is 0 Å². The van der Waals surface area contributed by atoms with Gasteiger partial charge < -0.3 is 41.8 Å². The molecule has 13 nitrogen and oxygen atoms in total. The van der Waals surface area contributed by atoms with E-state index in [1.165, 1.54) is 12.1 Å². The Balaban J connectivity index is 1.62. The molecular weight excluding hydrogens is 446 g/mol. The number of benzene rings is 1. The first-order valence-electron chi connectivity index (χ1n) is 10.3. The second-order valence-electron chi connectivity index (χ2n) is 7.64. The Hall–Kier alpha value is -4.55. The number of nitrogens with two attached hydrogens (primary N) is 1. The van der Waals surface area contributed by atoms with Crippen LogP contribution in [0.15, 0.2) is 35.1 Å². The third-order valence-electron chi connectivity index (χ3n) is 5.29. The second-order valence-corrected chi connectivity index (χ2v) is 7.64. The summed E-state index contributed by atoms with van der Waals surface area (Å²) in [5.74, 6) is -2.87. The number of nitrogen functional groups attached to an aromatic ring is 1. The van der Waals surface area contributed by atoms with Gasteiger partial charge in [-0.3, -0.25) is 19.8 Å². The van der Waals surface area contributed by atoms with Gasteiger partial charge in [0.25, 0.3) is 11.5 Å². The smallest absolute Gasteiger partial charge is 0.326 e. The monoisotopic (exact) mass is 471 g/mol. The van der Waals surface area contributed by atoms with E-state index in [0.29, 0.717) is 30.2 Å². The van der Waals surface area contributed by atoms with E-state index in [0.717, 1.165) is 6.34 Å². The van der Waals surface area contributed by atoms with E-state index >= 15 is 0 Å². The second kappa shape index (κ2) is 10.4. The fourth-order valence-corrected chi connectivity index (χ4v) is 3.55. The van der Waals surface area contributed by atoms with E-state index < -0.39 is 29.4 Å². The molecule has 3 rings (SSSR count). The van der Waals surface area contributed by atoms with Crippen molar-refractivity contribution in [1.29, 1.82) is 5.41 Å². The molecule has 2 aromatic rings. The average molecular weight is 471 g/mol. The fraction of sp³-hybridized carbons (Fsp3) is 0.286. The van der Waals surface area contributed by atoms with E-state index in [-0.39, 0.29) is 30.3 Å². The highest BCUT2D eigenvalue weighted by molar-refractivity contribution is 5.97. The van der Waals surface area contributed by atoms with Gasteiger partial charge in [-0.2, -0.15) is 0 Å². The maximum atomic E-state index is 12.4. The Labute approximate surface area is 193 Å². The van der Waals surface area contributed by atoms with Crippen LogP contribution in [0.25, 0.3) is 0 Å². The molecule has 0 unspecified atom stereocenters. The molecule has 0 saturated heterocycles. The molecule has 1 aliphatic heterocycles. The summed E-state index contributed by atoms with van der Waals surface area (Å²) in [5.41, 5.74) is 6.98. The number of nitrogens with zero attached hydrogens (tertiary/aromatic N) is 1. The zero-order chi connectivity index (χ0) is 24.8. The summed E-state index contributed by atoms with van der Waals surface area (Å²) in [7, 11) is 0. The van der Waals surface area contributed by atoms with Crippen LogP contribution in [-0.4, -0.2) is 64.6 Å². The number of aliphatic carboxylic acids is 2. The van der Waals surface area contributed by atoms with Gasteiger partial charge in [0.2, 0.25) is 0 Å². The Kier molecular flexibility index (Phi) is 7.36. The molecular formula is C21H25N7O6. The predicted octanol–water partition coefficient (Wildman–Crippen LogP) is 0.325. The van der Waals surface area contributed by atoms with Gasteiger partial charge in [0.05, 0.1) is 18.1 Å². The summed E-state index contributed by atoms with van der Waals surface area (Å²) in [4.78, 5) is 50.7. The molecule has 1 amide bonds. The maximum Gasteiger partial charge on any atom is 0.326 e. The minimum absolute atomic E-state index is 0.214. The van der Waals surface area contributed by atoms with Crippen molar-refractivity contribution in [2.24, 2.45) is 0 Å². The lowest BCUT2D eigenvalue weighted by Crippen LogP contribution is -2.49. The van der Waals surface area contributed by atoms with Crippen LogP contribution in [0, 0.1) is 5.41 Å². The molecule has 9 N–H and O–H groups in total. The van der Waals surface area contributed by atoms with Gasteiger partial charge in [-0.15, -0.1) is 0 Å². The van der Waals surface area contributed by atoms with E-state index in [2.05, 4.69) is 20.9 Å². The molecule has 1 aromatic heterocycles. The first kappa shape index (κ1) is 24.1. The van der Waals surface area contributed by atoms with Crippen molar-refractivity contribution >= 4 is 47.1 Å². The normalized spacial score (nSPS) is 15.4. The number of anilines is 4. The van der Waals surface area contributed by atoms with Crippen molar-refractivity contribution in [3.05, 3.63) is 46.2 Å². The number of amides is 1. The SMILES string of the molecule is N=CN1c2c(cc(N)[nH]c2=O)NC[C@@H]1CNc1ccc(C(=O)N[C@@H](CCC(=O)O)C(=O)O)cc1. The number of hydrogen-bond donors (Lipinski definition) is 8. The van der Waals surface area contributed by atoms with Crippen LogP contribution in [0.5, 0.6) is 0 Å². The Morgan fingerprint density at radius 1 is 1.26 bits per heavy atom. The molecule has 180 valence electrons. The summed E-state index contributed by atoms with van der Waals surface area (Å²) in [6, 6.07) is 6.30. The lowest BCUT2D eigenvalue weighted by molar-refractivity contribution is -0.140. The fourth-order valence-electron chi connectivity index (χ4n) is 3.55. The van der Waals surface area contributed by atoms with E-state index in [9.17, 15) is 24.3 Å². The number of rotatable bonds is 10. The number of nitrogens with one attached hydrogen (secondary N) is 5. The minimum atomic E-state index is -1.31. The topological polar surface area (TPSA) is 214 Å². The van der Waals surface area contributed by atoms with Crippen molar-refractivity contribution in [1.82, 2.24) is 10.3 Å². The van der Waals surface area contributed by atoms with E-state index in [1.807, 2.05) is 0 Å². The number of H-pyrrole nitrogens is 1. The number of hydrogen-bond acceptors (Lipinski definition) is 8. The van der Waals surface area contributed by atoms with Gasteiger partial charge in [0.15, 0.2) is 0 Å². The zero-order valence-corrected chi connectivity index (χ0v) is 18.0. The summed E-state index contributed by atoms with van der Waals surface area (Å²) < 4.78 is 0. The Bertz CT molecular complexity index is 1150. The standard InChI is InChI=1S/C21H25N7O6/c22-10-28-13(9-25-15-7-16(23)27-20(32)18(15)28)8-24-12-3-1-11(2-4-12)19(31)26-14(21(33)34)5-6-17(29)30/h1-4,7,10,13-14,22,24-25H,5-6,8-9H2,(H,26,31)(H,29,30)(H,33,34)(H3,23,27,32)/t13-,14-/m0/s1. The highest BCUT2D eigenvalue weighted by Crippen LogP contribution is 2.28. The van der Waals surface area contributed by atoms with Crippen LogP contribution >= 0.6 is 0 Å². The van der Waals surface area contributed by atoms with Crippen LogP contribution in [0.3, 0.4) is 0 Å². The number of aromatic amines is 1. The van der Waals surface area contributed by atoms with Crippen molar-refractivity contribution in [2.45, 2.75) is 24.9 Å². The number of fused-ring (bicyclic) bond motifs is 1. The quantitative estimate of drug-likeness (QED) is 0.175. The third kappa shape index (κ3) is 5.62. The molecule has 1 aliphatic rings. The first-order valence-corrected chi connectivity index (χ1v) is 10.3. The molecule has 0 radical (unpaired) electrons. The molecule has 2 heterocycles. The maximum absolute atomic E-state index is 12.4. The molecule has 34 heavy (non-hydrogen) atoms. The number of carboxylic acid groups (broad SMARTS) is 2. The molecule has 13 heteroatoms. The summed E-state index contributed by atoms with van der Waals surface area (Å²) in [5, 5.41) is 34.3. The van der Waals surface area contributed by atoms with Crippen LogP contribution in [0.1, 0.15) is 23.2 Å². The predicted molar refractivity (Wildman–Crippen MR) is 126 cm³/mol. The third-order valence-corrected chi connectivity index (χ3v) is 5.29. The Morgan fingerprint density at radius 3 is 2.59 bits per heavy atom. The van der Waals surface area contributed by atoms with E-state index in [1.54, 1.807) is 23.1 Å². The van der Waals surface area contributed by atoms with Crippen LogP contribution in [-0.2, 0) is 9.59 Å². The number of carbonyl (C=O) groups is 3. The number of pyridine rings is 1. The molecule has 0 saturated carbocycles. The largest absolute Gasteiger partial charge is 0.481 e. The summed E-state index contributed by atoms with van der Waals surface area (Å²) >= 11 is 0. The van der Waals surface area contributed by atoms with Crippen molar-refractivity contribution in [3.8, 4) is 0 Å². The van der Waals surface area contributed by atoms with Gasteiger partial charge in [0, 0.05) is 36.8 Å². The average Bonchev–Trinajstić information content (AvgIpc) is 2.79. The molecule has 2 atom stereocenters. The van der Waals surface area contributed by atoms with Gasteiger partial charge >= 0.3 is 11.9 Å². The van der Waals surface area contributed by atoms with Gasteiger partial charge in [-0.1, -0.05) is 0 Å². The highest BCUT2D eigenvalue weighted by atomic mass is 16.4. The zero-order valence-electron chi connectivity index (χ0n) is 18.0. The van der Waals surface area contributed by atoms with Crippen molar-refractivity contribution in [3.63, 3.8) is 0 Å². The summed E-state index contributed by atoms with van der Waals surface area (Å²) in [6.07, 6.45) is 0.467. The molecule has 0 spiro atoms. The van der Waals surface area contributed by atoms with E-state index in [4.69, 9.17) is 16.2 Å². The minimum Gasteiger partial charge on any atom is -0.481 e. The number of aromatic nitrogens is 1. The van der Waals surface area contributed by atoms with Crippen molar-refractivity contribution < 1.29 is 24.6 Å². The van der Waals surface area contributed by atoms with Crippen LogP contribution in [0.4, 0.5) is 22.9 Å².